The summed E-state index contributed by atoms with van der Waals surface area (Å²) in [4.78, 5) is 38.8. The number of hydrogen-bond donors (Lipinski definition) is 2. The molecule has 0 spiro atoms. The number of carbonyl (C=O) groups is 3. The van der Waals surface area contributed by atoms with Crippen molar-refractivity contribution in [3.8, 4) is 5.75 Å². The monoisotopic (exact) mass is 428 g/mol. The molecule has 30 heavy (non-hydrogen) atoms. The molecule has 1 aliphatic heterocycles. The SMILES string of the molecule is CCOC(=O)c1c(NC(=O)CC2Oc3ccc(C)cc3NC2=O)sc2c1CCCC2. The number of ether oxygens (including phenoxy) is 2. The molecule has 2 amide bonds. The second-order valence-corrected chi connectivity index (χ2v) is 8.59. The van der Waals surface area contributed by atoms with Crippen LogP contribution in [-0.4, -0.2) is 30.5 Å². The van der Waals surface area contributed by atoms with Crippen molar-refractivity contribution in [3.63, 3.8) is 0 Å². The van der Waals surface area contributed by atoms with Crippen LogP contribution in [0.4, 0.5) is 10.7 Å². The summed E-state index contributed by atoms with van der Waals surface area (Å²) in [7, 11) is 0. The quantitative estimate of drug-likeness (QED) is 0.706. The normalized spacial score (nSPS) is 17.3. The minimum absolute atomic E-state index is 0.149. The summed E-state index contributed by atoms with van der Waals surface area (Å²) in [6.07, 6.45) is 2.70. The number of anilines is 2. The maximum absolute atomic E-state index is 12.7. The average Bonchev–Trinajstić information content (AvgIpc) is 3.06. The summed E-state index contributed by atoms with van der Waals surface area (Å²) >= 11 is 1.42. The van der Waals surface area contributed by atoms with Gasteiger partial charge in [0.2, 0.25) is 5.91 Å². The highest BCUT2D eigenvalue weighted by molar-refractivity contribution is 7.17. The van der Waals surface area contributed by atoms with Crippen molar-refractivity contribution in [1.82, 2.24) is 0 Å². The van der Waals surface area contributed by atoms with Gasteiger partial charge in [0, 0.05) is 4.88 Å². The van der Waals surface area contributed by atoms with E-state index in [0.29, 0.717) is 22.0 Å². The second-order valence-electron chi connectivity index (χ2n) is 7.48. The van der Waals surface area contributed by atoms with Crippen LogP contribution >= 0.6 is 11.3 Å². The van der Waals surface area contributed by atoms with Gasteiger partial charge < -0.3 is 20.1 Å². The lowest BCUT2D eigenvalue weighted by atomic mass is 9.95. The molecular weight excluding hydrogens is 404 g/mol. The number of thiophene rings is 1. The molecule has 1 aromatic carbocycles. The number of carbonyl (C=O) groups excluding carboxylic acids is 3. The summed E-state index contributed by atoms with van der Waals surface area (Å²) in [6, 6.07) is 5.49. The average molecular weight is 429 g/mol. The fraction of sp³-hybridized carbons (Fsp3) is 0.409. The lowest BCUT2D eigenvalue weighted by Crippen LogP contribution is -2.39. The van der Waals surface area contributed by atoms with E-state index in [1.54, 1.807) is 13.0 Å². The van der Waals surface area contributed by atoms with Gasteiger partial charge in [0.15, 0.2) is 6.10 Å². The Labute approximate surface area is 178 Å². The molecule has 2 aliphatic rings. The Morgan fingerprint density at radius 2 is 2.10 bits per heavy atom. The third kappa shape index (κ3) is 4.05. The molecule has 2 aromatic rings. The number of esters is 1. The summed E-state index contributed by atoms with van der Waals surface area (Å²) in [6.45, 7) is 3.95. The zero-order valence-corrected chi connectivity index (χ0v) is 17.8. The first kappa shape index (κ1) is 20.4. The molecule has 4 rings (SSSR count). The molecule has 1 aromatic heterocycles. The molecule has 158 valence electrons. The summed E-state index contributed by atoms with van der Waals surface area (Å²) < 4.78 is 11.0. The predicted octanol–water partition coefficient (Wildman–Crippen LogP) is 3.84. The molecule has 0 bridgehead atoms. The number of amides is 2. The topological polar surface area (TPSA) is 93.7 Å². The molecule has 1 aliphatic carbocycles. The van der Waals surface area contributed by atoms with Crippen molar-refractivity contribution in [2.75, 3.05) is 17.2 Å². The van der Waals surface area contributed by atoms with E-state index in [2.05, 4.69) is 10.6 Å². The number of benzene rings is 1. The molecule has 1 atom stereocenters. The molecule has 8 heteroatoms. The van der Waals surface area contributed by atoms with Crippen LogP contribution in [-0.2, 0) is 27.2 Å². The van der Waals surface area contributed by atoms with Crippen LogP contribution in [0.15, 0.2) is 18.2 Å². The van der Waals surface area contributed by atoms with Gasteiger partial charge in [-0.05, 0) is 62.8 Å². The van der Waals surface area contributed by atoms with E-state index in [1.807, 2.05) is 19.1 Å². The highest BCUT2D eigenvalue weighted by Gasteiger charge is 2.32. The van der Waals surface area contributed by atoms with Crippen LogP contribution in [0, 0.1) is 6.92 Å². The fourth-order valence-electron chi connectivity index (χ4n) is 3.82. The van der Waals surface area contributed by atoms with Crippen molar-refractivity contribution in [2.24, 2.45) is 0 Å². The molecule has 0 saturated heterocycles. The van der Waals surface area contributed by atoms with Crippen LogP contribution in [0.3, 0.4) is 0 Å². The molecule has 0 saturated carbocycles. The highest BCUT2D eigenvalue weighted by atomic mass is 32.1. The maximum Gasteiger partial charge on any atom is 0.341 e. The van der Waals surface area contributed by atoms with Crippen LogP contribution in [0.25, 0.3) is 0 Å². The van der Waals surface area contributed by atoms with E-state index in [1.165, 1.54) is 11.3 Å². The van der Waals surface area contributed by atoms with Gasteiger partial charge in [0.05, 0.1) is 24.3 Å². The summed E-state index contributed by atoms with van der Waals surface area (Å²) in [5.74, 6) is -0.617. The van der Waals surface area contributed by atoms with E-state index in [0.717, 1.165) is 41.7 Å². The largest absolute Gasteiger partial charge is 0.478 e. The standard InChI is InChI=1S/C22H24N2O5S/c1-3-28-22(27)19-13-6-4-5-7-17(13)30-21(19)24-18(25)11-16-20(26)23-14-10-12(2)8-9-15(14)29-16/h8-10,16H,3-7,11H2,1-2H3,(H,23,26)(H,24,25). The van der Waals surface area contributed by atoms with Crippen molar-refractivity contribution >= 4 is 39.8 Å². The molecule has 2 N–H and O–H groups in total. The maximum atomic E-state index is 12.7. The van der Waals surface area contributed by atoms with E-state index in [4.69, 9.17) is 9.47 Å². The van der Waals surface area contributed by atoms with Gasteiger partial charge >= 0.3 is 5.97 Å². The third-order valence-corrected chi connectivity index (χ3v) is 6.44. The predicted molar refractivity (Wildman–Crippen MR) is 114 cm³/mol. The van der Waals surface area contributed by atoms with Crippen molar-refractivity contribution in [2.45, 2.75) is 52.1 Å². The number of rotatable bonds is 5. The van der Waals surface area contributed by atoms with Gasteiger partial charge in [-0.15, -0.1) is 11.3 Å². The van der Waals surface area contributed by atoms with E-state index < -0.39 is 12.1 Å². The van der Waals surface area contributed by atoms with Crippen LogP contribution < -0.4 is 15.4 Å². The van der Waals surface area contributed by atoms with Gasteiger partial charge in [-0.3, -0.25) is 9.59 Å². The van der Waals surface area contributed by atoms with Gasteiger partial charge in [0.1, 0.15) is 10.8 Å². The van der Waals surface area contributed by atoms with Crippen molar-refractivity contribution in [3.05, 3.63) is 39.8 Å². The minimum atomic E-state index is -0.930. The molecule has 0 radical (unpaired) electrons. The second kappa shape index (κ2) is 8.47. The Morgan fingerprint density at radius 3 is 2.90 bits per heavy atom. The smallest absolute Gasteiger partial charge is 0.341 e. The Hall–Kier alpha value is -2.87. The van der Waals surface area contributed by atoms with Crippen LogP contribution in [0.5, 0.6) is 5.75 Å². The number of aryl methyl sites for hydroxylation is 2. The van der Waals surface area contributed by atoms with Gasteiger partial charge in [-0.2, -0.15) is 0 Å². The van der Waals surface area contributed by atoms with Crippen LogP contribution in [0.1, 0.15) is 52.5 Å². The van der Waals surface area contributed by atoms with E-state index in [-0.39, 0.29) is 24.8 Å². The zero-order valence-electron chi connectivity index (χ0n) is 17.0. The van der Waals surface area contributed by atoms with Crippen LogP contribution in [0.2, 0.25) is 0 Å². The third-order valence-electron chi connectivity index (χ3n) is 5.23. The highest BCUT2D eigenvalue weighted by Crippen LogP contribution is 2.39. The van der Waals surface area contributed by atoms with Crippen molar-refractivity contribution < 1.29 is 23.9 Å². The summed E-state index contributed by atoms with van der Waals surface area (Å²) in [5.41, 5.74) is 3.05. The number of hydrogen-bond acceptors (Lipinski definition) is 6. The first-order valence-corrected chi connectivity index (χ1v) is 11.0. The lowest BCUT2D eigenvalue weighted by molar-refractivity contribution is -0.128. The Kier molecular flexibility index (Phi) is 5.76. The first-order valence-electron chi connectivity index (χ1n) is 10.2. The molecule has 1 unspecified atom stereocenters. The van der Waals surface area contributed by atoms with Crippen molar-refractivity contribution in [1.29, 1.82) is 0 Å². The number of fused-ring (bicyclic) bond motifs is 2. The van der Waals surface area contributed by atoms with Gasteiger partial charge in [0.25, 0.3) is 5.91 Å². The molecule has 0 fully saturated rings. The lowest BCUT2D eigenvalue weighted by Gasteiger charge is -2.25. The zero-order chi connectivity index (χ0) is 21.3. The van der Waals surface area contributed by atoms with E-state index >= 15 is 0 Å². The summed E-state index contributed by atoms with van der Waals surface area (Å²) in [5, 5.41) is 6.12. The van der Waals surface area contributed by atoms with E-state index in [9.17, 15) is 14.4 Å². The Bertz CT molecular complexity index is 1010. The Balaban J connectivity index is 1.50. The molecular formula is C22H24N2O5S. The Morgan fingerprint density at radius 1 is 1.30 bits per heavy atom. The molecule has 7 nitrogen and oxygen atoms in total. The minimum Gasteiger partial charge on any atom is -0.478 e. The van der Waals surface area contributed by atoms with Gasteiger partial charge in [-0.25, -0.2) is 4.79 Å². The molecule has 2 heterocycles. The first-order chi connectivity index (χ1) is 14.5. The fourth-order valence-corrected chi connectivity index (χ4v) is 5.11. The number of nitrogens with one attached hydrogen (secondary N) is 2. The van der Waals surface area contributed by atoms with Gasteiger partial charge in [-0.1, -0.05) is 6.07 Å².